The third kappa shape index (κ3) is 7.19. The second kappa shape index (κ2) is 13.3. The van der Waals surface area contributed by atoms with E-state index in [1.54, 1.807) is 42.5 Å². The van der Waals surface area contributed by atoms with Gasteiger partial charge in [0.15, 0.2) is 5.82 Å². The number of aliphatic hydroxyl groups excluding tert-OH is 2. The molecule has 43 heavy (non-hydrogen) atoms. The number of esters is 1. The number of carbonyl (C=O) groups is 1. The molecule has 1 aromatic carbocycles. The van der Waals surface area contributed by atoms with Crippen LogP contribution in [0.1, 0.15) is 70.6 Å². The van der Waals surface area contributed by atoms with Gasteiger partial charge in [0.25, 0.3) is 0 Å². The van der Waals surface area contributed by atoms with Crippen LogP contribution in [0.3, 0.4) is 0 Å². The first-order valence-corrected chi connectivity index (χ1v) is 16.2. The molecule has 2 aliphatic rings. The molecule has 1 unspecified atom stereocenters. The molecule has 0 spiro atoms. The fourth-order valence-electron chi connectivity index (χ4n) is 5.52. The smallest absolute Gasteiger partial charge is 0.459 e. The first-order chi connectivity index (χ1) is 20.6. The standard InChI is InChI=1S/C29H40N5O8P/c1-19(28(37)40-20-11-7-4-3-5-8-12-20)33-43(38,42-21-13-9-6-10-14-21)39-17-29(2)26(36)24(35)25(41-29)22-15-16-23-27(30)31-18-32-34(22)23/h6,9-10,13-16,18-20,24-26,35-36H,3-5,7-8,11-12,17H2,1-2H3,(H,33,38)(H2,30,31,32)/t19-,24-,25-,26-,29+,43?/m0/s1. The molecule has 3 heterocycles. The zero-order valence-electron chi connectivity index (χ0n) is 24.4. The van der Waals surface area contributed by atoms with Gasteiger partial charge in [-0.2, -0.15) is 10.2 Å². The fraction of sp³-hybridized carbons (Fsp3) is 0.552. The van der Waals surface area contributed by atoms with Gasteiger partial charge in [0.05, 0.1) is 12.3 Å². The van der Waals surface area contributed by atoms with Crippen LogP contribution in [-0.2, 0) is 23.4 Å². The van der Waals surface area contributed by atoms with Crippen molar-refractivity contribution in [2.45, 2.75) is 94.9 Å². The van der Waals surface area contributed by atoms with E-state index >= 15 is 0 Å². The molecule has 2 aromatic heterocycles. The first-order valence-electron chi connectivity index (χ1n) is 14.7. The van der Waals surface area contributed by atoms with Crippen LogP contribution in [-0.4, -0.2) is 67.3 Å². The molecular formula is C29H40N5O8P. The van der Waals surface area contributed by atoms with Gasteiger partial charge in [0.2, 0.25) is 0 Å². The van der Waals surface area contributed by atoms with Crippen LogP contribution >= 0.6 is 7.75 Å². The average Bonchev–Trinajstić information content (AvgIpc) is 3.50. The predicted octanol–water partition coefficient (Wildman–Crippen LogP) is 3.70. The van der Waals surface area contributed by atoms with E-state index in [4.69, 9.17) is 24.3 Å². The van der Waals surface area contributed by atoms with E-state index in [1.807, 2.05) is 0 Å². The molecule has 1 saturated carbocycles. The minimum Gasteiger partial charge on any atom is -0.461 e. The summed E-state index contributed by atoms with van der Waals surface area (Å²) in [7, 11) is -4.25. The lowest BCUT2D eigenvalue weighted by atomic mass is 9.97. The van der Waals surface area contributed by atoms with Crippen molar-refractivity contribution < 1.29 is 38.1 Å². The lowest BCUT2D eigenvalue weighted by Crippen LogP contribution is -2.45. The minimum atomic E-state index is -4.25. The Balaban J connectivity index is 1.30. The third-order valence-electron chi connectivity index (χ3n) is 7.99. The van der Waals surface area contributed by atoms with Gasteiger partial charge >= 0.3 is 13.7 Å². The topological polar surface area (TPSA) is 180 Å². The van der Waals surface area contributed by atoms with Crippen LogP contribution in [0.5, 0.6) is 5.75 Å². The second-order valence-corrected chi connectivity index (χ2v) is 13.1. The van der Waals surface area contributed by atoms with Gasteiger partial charge < -0.3 is 29.9 Å². The number of ether oxygens (including phenoxy) is 2. The molecule has 5 rings (SSSR count). The molecule has 1 aliphatic carbocycles. The molecule has 0 amide bonds. The number of nitrogen functional groups attached to an aromatic ring is 1. The Morgan fingerprint density at radius 2 is 1.86 bits per heavy atom. The number of anilines is 1. The summed E-state index contributed by atoms with van der Waals surface area (Å²) in [5.74, 6) is -0.0780. The Bertz CT molecular complexity index is 1430. The maximum atomic E-state index is 14.1. The van der Waals surface area contributed by atoms with E-state index in [1.165, 1.54) is 31.1 Å². The van der Waals surface area contributed by atoms with E-state index < -0.39 is 50.3 Å². The van der Waals surface area contributed by atoms with Gasteiger partial charge in [-0.3, -0.25) is 9.32 Å². The van der Waals surface area contributed by atoms with Gasteiger partial charge in [0.1, 0.15) is 53.7 Å². The number of nitrogens with one attached hydrogen (secondary N) is 1. The summed E-state index contributed by atoms with van der Waals surface area (Å²) in [6, 6.07) is 10.7. The Kier molecular flexibility index (Phi) is 9.70. The highest BCUT2D eigenvalue weighted by molar-refractivity contribution is 7.52. The van der Waals surface area contributed by atoms with Crippen molar-refractivity contribution in [1.82, 2.24) is 19.7 Å². The highest BCUT2D eigenvalue weighted by atomic mass is 31.2. The summed E-state index contributed by atoms with van der Waals surface area (Å²) >= 11 is 0. The number of nitrogens with two attached hydrogens (primary N) is 1. The van der Waals surface area contributed by atoms with E-state index in [2.05, 4.69) is 15.2 Å². The first kappa shape index (κ1) is 31.4. The van der Waals surface area contributed by atoms with Crippen molar-refractivity contribution in [3.63, 3.8) is 0 Å². The summed E-state index contributed by atoms with van der Waals surface area (Å²) in [5.41, 5.74) is 5.37. The molecule has 1 saturated heterocycles. The molecule has 14 heteroatoms. The van der Waals surface area contributed by atoms with Crippen LogP contribution in [0, 0.1) is 0 Å². The normalized spacial score (nSPS) is 27.2. The molecule has 0 radical (unpaired) electrons. The maximum absolute atomic E-state index is 14.1. The van der Waals surface area contributed by atoms with Crippen LogP contribution in [0.15, 0.2) is 48.8 Å². The largest absolute Gasteiger partial charge is 0.461 e. The molecule has 1 aliphatic heterocycles. The van der Waals surface area contributed by atoms with Crippen molar-refractivity contribution in [2.24, 2.45) is 0 Å². The third-order valence-corrected chi connectivity index (χ3v) is 9.61. The molecule has 13 nitrogen and oxygen atoms in total. The van der Waals surface area contributed by atoms with Crippen LogP contribution in [0.25, 0.3) is 5.52 Å². The number of rotatable bonds is 10. The fourth-order valence-corrected chi connectivity index (χ4v) is 7.10. The second-order valence-electron chi connectivity index (χ2n) is 11.4. The Morgan fingerprint density at radius 1 is 1.16 bits per heavy atom. The summed E-state index contributed by atoms with van der Waals surface area (Å²) in [6.45, 7) is 2.60. The molecule has 6 atom stereocenters. The van der Waals surface area contributed by atoms with Crippen LogP contribution in [0.4, 0.5) is 5.82 Å². The van der Waals surface area contributed by atoms with E-state index in [0.29, 0.717) is 11.2 Å². The van der Waals surface area contributed by atoms with Crippen LogP contribution in [0.2, 0.25) is 0 Å². The van der Waals surface area contributed by atoms with Crippen molar-refractivity contribution in [1.29, 1.82) is 0 Å². The molecular weight excluding hydrogens is 577 g/mol. The van der Waals surface area contributed by atoms with Gasteiger partial charge in [-0.1, -0.05) is 37.5 Å². The number of carbonyl (C=O) groups excluding carboxylic acids is 1. The van der Waals surface area contributed by atoms with Crippen molar-refractivity contribution in [3.05, 3.63) is 54.5 Å². The van der Waals surface area contributed by atoms with Crippen molar-refractivity contribution in [2.75, 3.05) is 12.3 Å². The summed E-state index contributed by atoms with van der Waals surface area (Å²) in [4.78, 5) is 17.0. The summed E-state index contributed by atoms with van der Waals surface area (Å²) in [5, 5.41) is 28.9. The summed E-state index contributed by atoms with van der Waals surface area (Å²) in [6.07, 6.45) is 4.24. The number of para-hydroxylation sites is 1. The Hall–Kier alpha value is -3.06. The number of nitrogens with zero attached hydrogens (tertiary/aromatic N) is 3. The quantitative estimate of drug-likeness (QED) is 0.192. The zero-order chi connectivity index (χ0) is 30.6. The SMILES string of the molecule is C[C@H](NP(=O)(OC[C@@]1(C)O[C@@H](c2ccc3c(N)ncnn23)[C@H](O)[C@@H]1O)Oc1ccccc1)C(=O)OC1CCCCCCC1. The maximum Gasteiger partial charge on any atom is 0.459 e. The van der Waals surface area contributed by atoms with Crippen molar-refractivity contribution >= 4 is 25.1 Å². The van der Waals surface area contributed by atoms with Crippen molar-refractivity contribution in [3.8, 4) is 5.75 Å². The lowest BCUT2D eigenvalue weighted by Gasteiger charge is -2.30. The summed E-state index contributed by atoms with van der Waals surface area (Å²) < 4.78 is 39.1. The van der Waals surface area contributed by atoms with Gasteiger partial charge in [-0.15, -0.1) is 0 Å². The highest BCUT2D eigenvalue weighted by Gasteiger charge is 2.54. The number of fused-ring (bicyclic) bond motifs is 1. The zero-order valence-corrected chi connectivity index (χ0v) is 25.3. The monoisotopic (exact) mass is 617 g/mol. The number of hydrogen-bond donors (Lipinski definition) is 4. The molecule has 3 aromatic rings. The predicted molar refractivity (Wildman–Crippen MR) is 157 cm³/mol. The van der Waals surface area contributed by atoms with Gasteiger partial charge in [-0.25, -0.2) is 14.1 Å². The lowest BCUT2D eigenvalue weighted by molar-refractivity contribution is -0.151. The Morgan fingerprint density at radius 3 is 2.58 bits per heavy atom. The average molecular weight is 618 g/mol. The van der Waals surface area contributed by atoms with E-state index in [-0.39, 0.29) is 17.7 Å². The Labute approximate surface area is 250 Å². The number of hydrogen-bond acceptors (Lipinski definition) is 11. The van der Waals surface area contributed by atoms with Gasteiger partial charge in [-0.05, 0) is 63.8 Å². The number of benzene rings is 1. The van der Waals surface area contributed by atoms with Crippen LogP contribution < -0.4 is 15.3 Å². The van der Waals surface area contributed by atoms with E-state index in [9.17, 15) is 19.6 Å². The molecule has 234 valence electrons. The van der Waals surface area contributed by atoms with E-state index in [0.717, 1.165) is 38.5 Å². The molecule has 5 N–H and O–H groups in total. The highest BCUT2D eigenvalue weighted by Crippen LogP contribution is 2.48. The number of aromatic nitrogens is 3. The minimum absolute atomic E-state index is 0.197. The molecule has 0 bridgehead atoms. The number of aliphatic hydroxyl groups is 2. The molecule has 2 fully saturated rings. The van der Waals surface area contributed by atoms with Gasteiger partial charge in [0, 0.05) is 0 Å².